The number of amides is 1. The molecule has 0 heterocycles. The van der Waals surface area contributed by atoms with E-state index in [9.17, 15) is 17.6 Å². The summed E-state index contributed by atoms with van der Waals surface area (Å²) >= 11 is 0. The van der Waals surface area contributed by atoms with Crippen molar-refractivity contribution in [3.63, 3.8) is 0 Å². The van der Waals surface area contributed by atoms with Crippen molar-refractivity contribution in [3.8, 4) is 5.75 Å². The smallest absolute Gasteiger partial charge is 0.240 e. The van der Waals surface area contributed by atoms with Gasteiger partial charge in [-0.1, -0.05) is 18.2 Å². The van der Waals surface area contributed by atoms with Gasteiger partial charge in [0.05, 0.1) is 18.5 Å². The van der Waals surface area contributed by atoms with Crippen molar-refractivity contribution in [3.05, 3.63) is 59.4 Å². The first-order valence-electron chi connectivity index (χ1n) is 8.37. The van der Waals surface area contributed by atoms with E-state index >= 15 is 0 Å². The lowest BCUT2D eigenvalue weighted by Gasteiger charge is -2.22. The van der Waals surface area contributed by atoms with Crippen molar-refractivity contribution in [2.45, 2.75) is 13.8 Å². The zero-order valence-corrected chi connectivity index (χ0v) is 16.3. The van der Waals surface area contributed by atoms with Gasteiger partial charge in [0.2, 0.25) is 15.9 Å². The van der Waals surface area contributed by atoms with Crippen LogP contribution in [0, 0.1) is 19.7 Å². The Morgan fingerprint density at radius 3 is 2.56 bits per heavy atom. The van der Waals surface area contributed by atoms with E-state index in [1.807, 2.05) is 32.0 Å². The highest BCUT2D eigenvalue weighted by atomic mass is 32.2. The molecule has 0 aliphatic rings. The Hall–Kier alpha value is -2.61. The maximum atomic E-state index is 13.4. The summed E-state index contributed by atoms with van der Waals surface area (Å²) in [7, 11) is -3.74. The summed E-state index contributed by atoms with van der Waals surface area (Å²) in [4.78, 5) is 12.1. The molecule has 1 N–H and O–H groups in total. The first-order chi connectivity index (χ1) is 12.7. The Balaban J connectivity index is 1.92. The molecule has 0 saturated carbocycles. The van der Waals surface area contributed by atoms with Gasteiger partial charge in [-0.25, -0.2) is 12.8 Å². The molecule has 0 radical (unpaired) electrons. The van der Waals surface area contributed by atoms with Crippen LogP contribution in [0.4, 0.5) is 10.1 Å². The summed E-state index contributed by atoms with van der Waals surface area (Å²) in [6.07, 6.45) is 0.967. The lowest BCUT2D eigenvalue weighted by molar-refractivity contribution is -0.119. The highest BCUT2D eigenvalue weighted by Gasteiger charge is 2.21. The lowest BCUT2D eigenvalue weighted by Crippen LogP contribution is -2.41. The molecule has 2 aromatic rings. The van der Waals surface area contributed by atoms with E-state index in [1.54, 1.807) is 0 Å². The average molecular weight is 394 g/mol. The van der Waals surface area contributed by atoms with Crippen LogP contribution in [0.25, 0.3) is 0 Å². The van der Waals surface area contributed by atoms with E-state index < -0.39 is 28.3 Å². The van der Waals surface area contributed by atoms with Crippen LogP contribution in [0.3, 0.4) is 0 Å². The van der Waals surface area contributed by atoms with Crippen molar-refractivity contribution in [2.75, 3.05) is 30.3 Å². The number of carbonyl (C=O) groups excluding carboxylic acids is 1. The van der Waals surface area contributed by atoms with E-state index in [4.69, 9.17) is 4.74 Å². The second-order valence-electron chi connectivity index (χ2n) is 6.15. The second kappa shape index (κ2) is 8.85. The maximum Gasteiger partial charge on any atom is 0.240 e. The van der Waals surface area contributed by atoms with E-state index in [2.05, 4.69) is 5.32 Å². The molecule has 0 aliphatic carbocycles. The van der Waals surface area contributed by atoms with Crippen LogP contribution in [0.1, 0.15) is 11.1 Å². The van der Waals surface area contributed by atoms with Crippen molar-refractivity contribution >= 4 is 21.6 Å². The van der Waals surface area contributed by atoms with Gasteiger partial charge in [-0.15, -0.1) is 0 Å². The molecule has 1 amide bonds. The Morgan fingerprint density at radius 2 is 1.89 bits per heavy atom. The van der Waals surface area contributed by atoms with Gasteiger partial charge in [-0.2, -0.15) is 0 Å². The fourth-order valence-corrected chi connectivity index (χ4v) is 3.30. The molecule has 0 aliphatic heterocycles. The summed E-state index contributed by atoms with van der Waals surface area (Å²) in [6, 6.07) is 10.8. The second-order valence-corrected chi connectivity index (χ2v) is 8.05. The van der Waals surface area contributed by atoms with Gasteiger partial charge in [0, 0.05) is 0 Å². The van der Waals surface area contributed by atoms with Gasteiger partial charge in [-0.05, 0) is 49.2 Å². The average Bonchev–Trinajstić information content (AvgIpc) is 2.59. The van der Waals surface area contributed by atoms with E-state index in [1.165, 1.54) is 18.2 Å². The van der Waals surface area contributed by atoms with E-state index in [0.717, 1.165) is 33.5 Å². The highest BCUT2D eigenvalue weighted by Crippen LogP contribution is 2.20. The molecule has 0 spiro atoms. The molecule has 6 nitrogen and oxygen atoms in total. The number of carbonyl (C=O) groups is 1. The zero-order valence-electron chi connectivity index (χ0n) is 15.5. The Labute approximate surface area is 159 Å². The molecule has 0 fully saturated rings. The first-order valence-corrected chi connectivity index (χ1v) is 10.2. The third-order valence-corrected chi connectivity index (χ3v) is 5.16. The normalized spacial score (nSPS) is 11.1. The van der Waals surface area contributed by atoms with Crippen LogP contribution in [-0.2, 0) is 14.8 Å². The molecule has 0 atom stereocenters. The van der Waals surface area contributed by atoms with Crippen molar-refractivity contribution in [2.24, 2.45) is 0 Å². The van der Waals surface area contributed by atoms with Crippen LogP contribution in [0.15, 0.2) is 42.5 Å². The summed E-state index contributed by atoms with van der Waals surface area (Å²) in [5.74, 6) is -0.348. The maximum absolute atomic E-state index is 13.4. The Morgan fingerprint density at radius 1 is 1.19 bits per heavy atom. The monoisotopic (exact) mass is 394 g/mol. The van der Waals surface area contributed by atoms with Crippen LogP contribution in [0.5, 0.6) is 5.75 Å². The molecule has 2 rings (SSSR count). The third kappa shape index (κ3) is 5.96. The fourth-order valence-electron chi connectivity index (χ4n) is 2.45. The topological polar surface area (TPSA) is 75.7 Å². The van der Waals surface area contributed by atoms with Gasteiger partial charge in [0.15, 0.2) is 0 Å². The van der Waals surface area contributed by atoms with E-state index in [-0.39, 0.29) is 18.8 Å². The molecule has 0 unspecified atom stereocenters. The van der Waals surface area contributed by atoms with Gasteiger partial charge >= 0.3 is 0 Å². The predicted octanol–water partition coefficient (Wildman–Crippen LogP) is 2.40. The number of nitrogens with zero attached hydrogens (tertiary/aromatic N) is 1. The lowest BCUT2D eigenvalue weighted by atomic mass is 10.1. The number of sulfonamides is 1. The third-order valence-electron chi connectivity index (χ3n) is 4.02. The molecule has 2 aromatic carbocycles. The minimum absolute atomic E-state index is 0.0966. The number of anilines is 1. The largest absolute Gasteiger partial charge is 0.491 e. The molecule has 8 heteroatoms. The standard InChI is InChI=1S/C19H23FN2O4S/c1-14-6-4-9-18(15(14)2)26-11-10-21-19(23)13-22(27(3,24)25)17-8-5-7-16(20)12-17/h4-9,12H,10-11,13H2,1-3H3,(H,21,23). The van der Waals surface area contributed by atoms with Crippen LogP contribution >= 0.6 is 0 Å². The predicted molar refractivity (Wildman–Crippen MR) is 103 cm³/mol. The quantitative estimate of drug-likeness (QED) is 0.698. The van der Waals surface area contributed by atoms with Gasteiger partial charge in [-0.3, -0.25) is 9.10 Å². The number of aryl methyl sites for hydroxylation is 1. The number of ether oxygens (including phenoxy) is 1. The zero-order chi connectivity index (χ0) is 20.0. The van der Waals surface area contributed by atoms with Crippen molar-refractivity contribution in [1.29, 1.82) is 0 Å². The SMILES string of the molecule is Cc1cccc(OCCNC(=O)CN(c2cccc(F)c2)S(C)(=O)=O)c1C. The molecular weight excluding hydrogens is 371 g/mol. The summed E-state index contributed by atoms with van der Waals surface area (Å²) in [5, 5.41) is 2.61. The molecule has 146 valence electrons. The van der Waals surface area contributed by atoms with Gasteiger partial charge < -0.3 is 10.1 Å². The minimum Gasteiger partial charge on any atom is -0.491 e. The number of benzene rings is 2. The Bertz CT molecular complexity index is 916. The number of rotatable bonds is 8. The van der Waals surface area contributed by atoms with Gasteiger partial charge in [0.25, 0.3) is 0 Å². The number of halogens is 1. The van der Waals surface area contributed by atoms with Crippen LogP contribution in [-0.4, -0.2) is 40.3 Å². The van der Waals surface area contributed by atoms with E-state index in [0.29, 0.717) is 0 Å². The summed E-state index contributed by atoms with van der Waals surface area (Å²) in [6.45, 7) is 3.95. The molecule has 0 saturated heterocycles. The number of nitrogens with one attached hydrogen (secondary N) is 1. The first kappa shape index (κ1) is 20.7. The van der Waals surface area contributed by atoms with Crippen molar-refractivity contribution < 1.29 is 22.3 Å². The molecule has 27 heavy (non-hydrogen) atoms. The summed E-state index contributed by atoms with van der Waals surface area (Å²) < 4.78 is 43.8. The molecular formula is C19H23FN2O4S. The molecule has 0 aromatic heterocycles. The minimum atomic E-state index is -3.74. The summed E-state index contributed by atoms with van der Waals surface area (Å²) in [5.41, 5.74) is 2.23. The number of hydrogen-bond donors (Lipinski definition) is 1. The van der Waals surface area contributed by atoms with Gasteiger partial charge in [0.1, 0.15) is 24.7 Å². The van der Waals surface area contributed by atoms with Crippen molar-refractivity contribution in [1.82, 2.24) is 5.32 Å². The fraction of sp³-hybridized carbons (Fsp3) is 0.316. The van der Waals surface area contributed by atoms with Crippen LogP contribution < -0.4 is 14.4 Å². The molecule has 0 bridgehead atoms. The number of hydrogen-bond acceptors (Lipinski definition) is 4. The Kier molecular flexibility index (Phi) is 6.79. The highest BCUT2D eigenvalue weighted by molar-refractivity contribution is 7.92. The van der Waals surface area contributed by atoms with Crippen LogP contribution in [0.2, 0.25) is 0 Å².